The Hall–Kier alpha value is -7.68. The molecule has 0 radical (unpaired) electrons. The summed E-state index contributed by atoms with van der Waals surface area (Å²) in [6, 6.07) is -2.87. The molecule has 0 bridgehead atoms. The predicted octanol–water partition coefficient (Wildman–Crippen LogP) is -0.649. The Balaban J connectivity index is 1.16. The minimum Gasteiger partial charge on any atom is -0.480 e. The summed E-state index contributed by atoms with van der Waals surface area (Å²) in [5.41, 5.74) is 18.5. The SMILES string of the molecule is CCCC[C@H](N)C(=O)N1CCC[C@H]1C(=O)N[C@@H](CC1CCCCC1)C(=O)N[C@@H](Cc1cnc[nH]1)C(=O)N[C@@H](CO)C(=O)N[C@@H](CCCN=C(N)N)C(=O)N[C@H](C(=O)N1CCC[C@H]1C(=O)N[C@@H](Cc1ccccc1)C(=O)N1CCC[C@H]1C(=O)O)C(C)C. The quantitative estimate of drug-likeness (QED) is 0.0254. The van der Waals surface area contributed by atoms with Crippen molar-refractivity contribution in [2.24, 2.45) is 34.0 Å². The van der Waals surface area contributed by atoms with E-state index in [1.165, 1.54) is 27.2 Å². The van der Waals surface area contributed by atoms with Gasteiger partial charge in [0.05, 0.1) is 19.0 Å². The van der Waals surface area contributed by atoms with E-state index in [0.29, 0.717) is 49.9 Å². The van der Waals surface area contributed by atoms with Gasteiger partial charge in [-0.1, -0.05) is 96.0 Å². The summed E-state index contributed by atoms with van der Waals surface area (Å²) in [5, 5.41) is 37.0. The predicted molar refractivity (Wildman–Crippen MR) is 316 cm³/mol. The number of aliphatic carboxylic acids is 1. The van der Waals surface area contributed by atoms with Crippen molar-refractivity contribution in [1.82, 2.24) is 56.6 Å². The highest BCUT2D eigenvalue weighted by Crippen LogP contribution is 2.29. The Bertz CT molecular complexity index is 2650. The lowest BCUT2D eigenvalue weighted by Gasteiger charge is -2.33. The van der Waals surface area contributed by atoms with Crippen molar-refractivity contribution in [3.63, 3.8) is 0 Å². The number of carbonyl (C=O) groups excluding carboxylic acids is 9. The van der Waals surface area contributed by atoms with E-state index < -0.39 is 126 Å². The van der Waals surface area contributed by atoms with Gasteiger partial charge in [-0.3, -0.25) is 48.1 Å². The smallest absolute Gasteiger partial charge is 0.326 e. The number of aromatic amines is 1. The number of guanidine groups is 1. The van der Waals surface area contributed by atoms with E-state index in [1.54, 1.807) is 44.2 Å². The number of aliphatic hydroxyl groups is 1. The fourth-order valence-corrected chi connectivity index (χ4v) is 12.0. The topological polar surface area (TPSA) is 412 Å². The maximum atomic E-state index is 14.6. The van der Waals surface area contributed by atoms with E-state index in [-0.39, 0.29) is 82.4 Å². The fraction of sp³-hybridized carbons (Fsp3) is 0.661. The standard InChI is InChI=1S/C59H91N15O12/c1-4-5-20-39(60)55(82)72-26-13-22-45(72)53(80)68-41(29-36-16-8-6-9-17-36)50(77)67-42(31-38-32-63-34-65-38)51(78)70-44(33-75)52(79)66-40(21-12-25-64-59(61)62)49(76)71-48(35(2)3)57(84)73-27-14-23-46(73)54(81)69-43(30-37-18-10-7-11-19-37)56(83)74-28-15-24-47(74)58(85)86/h7,10-11,18-19,32,34-36,39-48,75H,4-6,8-9,12-17,20-31,33,60H2,1-3H3,(H,63,65)(H,66,79)(H,67,77)(H,68,80)(H,69,81)(H,70,78)(H,71,76)(H,85,86)(H4,61,62,64)/t39-,40-,41-,42-,43-,44-,45-,46-,47-,48-/m0/s1. The van der Waals surface area contributed by atoms with Gasteiger partial charge >= 0.3 is 5.97 Å². The number of hydrogen-bond acceptors (Lipinski definition) is 14. The molecule has 1 aromatic carbocycles. The number of benzene rings is 1. The van der Waals surface area contributed by atoms with Gasteiger partial charge in [0, 0.05) is 50.9 Å². The molecule has 0 unspecified atom stereocenters. The molecule has 9 amide bonds. The summed E-state index contributed by atoms with van der Waals surface area (Å²) in [6.07, 6.45) is 12.0. The summed E-state index contributed by atoms with van der Waals surface area (Å²) in [5.74, 6) is -7.95. The first-order valence-corrected chi connectivity index (χ1v) is 30.6. The largest absolute Gasteiger partial charge is 0.480 e. The zero-order chi connectivity index (χ0) is 62.5. The third kappa shape index (κ3) is 19.2. The van der Waals surface area contributed by atoms with E-state index in [1.807, 2.05) is 6.92 Å². The summed E-state index contributed by atoms with van der Waals surface area (Å²) in [7, 11) is 0. The molecule has 4 aliphatic rings. The zero-order valence-electron chi connectivity index (χ0n) is 49.9. The van der Waals surface area contributed by atoms with Crippen molar-refractivity contribution in [3.05, 3.63) is 54.1 Å². The number of imidazole rings is 1. The van der Waals surface area contributed by atoms with Crippen LogP contribution in [-0.2, 0) is 60.8 Å². The number of hydrogen-bond donors (Lipinski definition) is 12. The van der Waals surface area contributed by atoms with Gasteiger partial charge in [0.15, 0.2) is 5.96 Å². The molecule has 10 atom stereocenters. The molecular weight excluding hydrogens is 1110 g/mol. The van der Waals surface area contributed by atoms with Crippen LogP contribution in [0.5, 0.6) is 0 Å². The van der Waals surface area contributed by atoms with Crippen molar-refractivity contribution in [3.8, 4) is 0 Å². The molecular formula is C59H91N15O12. The molecule has 6 rings (SSSR count). The maximum Gasteiger partial charge on any atom is 0.326 e. The van der Waals surface area contributed by atoms with Gasteiger partial charge in [-0.2, -0.15) is 0 Å². The van der Waals surface area contributed by atoms with Crippen LogP contribution in [-0.4, -0.2) is 193 Å². The van der Waals surface area contributed by atoms with Crippen molar-refractivity contribution < 1.29 is 58.2 Å². The Kier molecular flexibility index (Phi) is 26.1. The van der Waals surface area contributed by atoms with E-state index >= 15 is 0 Å². The molecule has 3 saturated heterocycles. The molecule has 27 heteroatoms. The lowest BCUT2D eigenvalue weighted by atomic mass is 9.84. The number of nitrogens with zero attached hydrogens (tertiary/aromatic N) is 5. The van der Waals surface area contributed by atoms with Crippen LogP contribution >= 0.6 is 0 Å². The van der Waals surface area contributed by atoms with Crippen molar-refractivity contribution in [1.29, 1.82) is 0 Å². The average Bonchev–Trinajstić information content (AvgIpc) is 4.34. The number of carbonyl (C=O) groups is 10. The van der Waals surface area contributed by atoms with E-state index in [9.17, 15) is 58.2 Å². The first-order valence-electron chi connectivity index (χ1n) is 30.6. The Morgan fingerprint density at radius 2 is 1.20 bits per heavy atom. The number of nitrogens with two attached hydrogens (primary N) is 3. The Morgan fingerprint density at radius 1 is 0.640 bits per heavy atom. The highest BCUT2D eigenvalue weighted by molar-refractivity contribution is 5.99. The molecule has 2 aromatic rings. The van der Waals surface area contributed by atoms with Crippen LogP contribution in [0.15, 0.2) is 47.8 Å². The van der Waals surface area contributed by atoms with Crippen LogP contribution < -0.4 is 49.1 Å². The van der Waals surface area contributed by atoms with Crippen LogP contribution in [0.25, 0.3) is 0 Å². The lowest BCUT2D eigenvalue weighted by Crippen LogP contribution is -2.61. The third-order valence-electron chi connectivity index (χ3n) is 16.7. The minimum absolute atomic E-state index is 0.0309. The van der Waals surface area contributed by atoms with Crippen LogP contribution in [0.1, 0.15) is 141 Å². The number of carboxylic acid groups (broad SMARTS) is 1. The van der Waals surface area contributed by atoms with E-state index in [0.717, 1.165) is 44.9 Å². The second kappa shape index (κ2) is 33.3. The van der Waals surface area contributed by atoms with Crippen molar-refractivity contribution >= 4 is 65.1 Å². The van der Waals surface area contributed by atoms with Crippen LogP contribution in [0, 0.1) is 11.8 Å². The summed E-state index contributed by atoms with van der Waals surface area (Å²) in [4.78, 5) is 155. The molecule has 1 aromatic heterocycles. The lowest BCUT2D eigenvalue weighted by molar-refractivity contribution is -0.150. The van der Waals surface area contributed by atoms with Gasteiger partial charge in [-0.05, 0) is 81.6 Å². The number of aliphatic hydroxyl groups excluding tert-OH is 1. The number of likely N-dealkylation sites (tertiary alicyclic amines) is 3. The van der Waals surface area contributed by atoms with E-state index in [4.69, 9.17) is 17.2 Å². The maximum absolute atomic E-state index is 14.6. The summed E-state index contributed by atoms with van der Waals surface area (Å²) in [6.45, 7) is 5.10. The van der Waals surface area contributed by atoms with Crippen LogP contribution in [0.3, 0.4) is 0 Å². The minimum atomic E-state index is -1.70. The normalized spacial score (nSPS) is 20.3. The van der Waals surface area contributed by atoms with Gasteiger partial charge < -0.3 is 79.0 Å². The van der Waals surface area contributed by atoms with E-state index in [2.05, 4.69) is 46.9 Å². The molecule has 4 fully saturated rings. The number of amides is 9. The third-order valence-corrected chi connectivity index (χ3v) is 16.7. The van der Waals surface area contributed by atoms with Crippen LogP contribution in [0.2, 0.25) is 0 Å². The highest BCUT2D eigenvalue weighted by atomic mass is 16.4. The van der Waals surface area contributed by atoms with Gasteiger partial charge in [0.1, 0.15) is 54.4 Å². The van der Waals surface area contributed by atoms with Gasteiger partial charge in [0.25, 0.3) is 0 Å². The molecule has 4 heterocycles. The molecule has 15 N–H and O–H groups in total. The number of unbranched alkanes of at least 4 members (excludes halogenated alkanes) is 1. The molecule has 0 spiro atoms. The first-order chi connectivity index (χ1) is 41.2. The van der Waals surface area contributed by atoms with Crippen molar-refractivity contribution in [2.45, 2.75) is 203 Å². The molecule has 1 aliphatic carbocycles. The number of carboxylic acids is 1. The molecule has 27 nitrogen and oxygen atoms in total. The zero-order valence-corrected chi connectivity index (χ0v) is 49.9. The Labute approximate surface area is 502 Å². The monoisotopic (exact) mass is 1200 g/mol. The Morgan fingerprint density at radius 3 is 1.78 bits per heavy atom. The van der Waals surface area contributed by atoms with Gasteiger partial charge in [-0.25, -0.2) is 9.78 Å². The van der Waals surface area contributed by atoms with Gasteiger partial charge in [-0.15, -0.1) is 0 Å². The number of rotatable bonds is 31. The van der Waals surface area contributed by atoms with Crippen LogP contribution in [0.4, 0.5) is 0 Å². The van der Waals surface area contributed by atoms with Crippen molar-refractivity contribution in [2.75, 3.05) is 32.8 Å². The number of aliphatic imine (C=N–C) groups is 1. The number of aromatic nitrogens is 2. The molecule has 1 saturated carbocycles. The van der Waals surface area contributed by atoms with Gasteiger partial charge in [0.2, 0.25) is 53.2 Å². The second-order valence-electron chi connectivity index (χ2n) is 23.5. The first kappa shape index (κ1) is 67.4. The molecule has 86 heavy (non-hydrogen) atoms. The fourth-order valence-electron chi connectivity index (χ4n) is 12.0. The number of H-pyrrole nitrogens is 1. The number of nitrogens with one attached hydrogen (secondary N) is 7. The highest BCUT2D eigenvalue weighted by Gasteiger charge is 2.44. The molecule has 3 aliphatic heterocycles. The summed E-state index contributed by atoms with van der Waals surface area (Å²) < 4.78 is 0. The second-order valence-corrected chi connectivity index (χ2v) is 23.5. The average molecular weight is 1200 g/mol. The molecule has 474 valence electrons. The summed E-state index contributed by atoms with van der Waals surface area (Å²) >= 11 is 0.